The van der Waals surface area contributed by atoms with Gasteiger partial charge in [0.1, 0.15) is 18.3 Å². The number of nitrogens with one attached hydrogen (secondary N) is 1. The summed E-state index contributed by atoms with van der Waals surface area (Å²) in [5.74, 6) is -0.132. The molecule has 3 aromatic carbocycles. The van der Waals surface area contributed by atoms with Crippen LogP contribution in [0.3, 0.4) is 0 Å². The molecule has 0 bridgehead atoms. The summed E-state index contributed by atoms with van der Waals surface area (Å²) in [5.41, 5.74) is 3.21. The summed E-state index contributed by atoms with van der Waals surface area (Å²) in [6.07, 6.45) is -1.17. The fourth-order valence-corrected chi connectivity index (χ4v) is 4.20. The Bertz CT molecular complexity index is 1020. The Kier molecular flexibility index (Phi) is 9.43. The minimum atomic E-state index is -0.430. The Labute approximate surface area is 207 Å². The van der Waals surface area contributed by atoms with Gasteiger partial charge in [-0.2, -0.15) is 0 Å². The summed E-state index contributed by atoms with van der Waals surface area (Å²) in [4.78, 5) is 11.9. The van der Waals surface area contributed by atoms with Crippen LogP contribution >= 0.6 is 0 Å². The second-order valence-corrected chi connectivity index (χ2v) is 8.70. The number of carbonyl (C=O) groups is 1. The van der Waals surface area contributed by atoms with Gasteiger partial charge in [-0.1, -0.05) is 91.0 Å². The molecule has 6 heteroatoms. The van der Waals surface area contributed by atoms with Crippen molar-refractivity contribution in [3.63, 3.8) is 0 Å². The van der Waals surface area contributed by atoms with Crippen LogP contribution in [-0.4, -0.2) is 43.5 Å². The van der Waals surface area contributed by atoms with E-state index < -0.39 is 12.2 Å². The van der Waals surface area contributed by atoms with Crippen molar-refractivity contribution in [1.82, 2.24) is 5.32 Å². The third kappa shape index (κ3) is 7.73. The molecule has 1 aliphatic rings. The van der Waals surface area contributed by atoms with Gasteiger partial charge in [0, 0.05) is 6.92 Å². The van der Waals surface area contributed by atoms with Gasteiger partial charge in [0.15, 0.2) is 0 Å². The monoisotopic (exact) mass is 475 g/mol. The third-order valence-electron chi connectivity index (χ3n) is 5.93. The maximum absolute atomic E-state index is 11.9. The topological polar surface area (TPSA) is 66.0 Å². The first-order valence-corrected chi connectivity index (χ1v) is 12.0. The quantitative estimate of drug-likeness (QED) is 0.449. The molecule has 1 fully saturated rings. The van der Waals surface area contributed by atoms with E-state index >= 15 is 0 Å². The van der Waals surface area contributed by atoms with E-state index in [1.807, 2.05) is 91.0 Å². The first kappa shape index (κ1) is 25.1. The van der Waals surface area contributed by atoms with Crippen molar-refractivity contribution in [2.45, 2.75) is 51.1 Å². The lowest BCUT2D eigenvalue weighted by atomic mass is 9.97. The zero-order valence-electron chi connectivity index (χ0n) is 20.0. The number of rotatable bonds is 11. The molecule has 1 amide bonds. The Hall–Kier alpha value is -3.03. The standard InChI is InChI=1S/C29H33NO5/c1-22(31)30-26-20-33-27(21-32-17-23-11-5-2-6-12-23)29(35-19-25-15-9-4-10-16-25)28(26)34-18-24-13-7-3-8-14-24/h2-16,26-29H,17-21H2,1H3,(H,30,31)/t26-,27?,28+,29-/m0/s1. The van der Waals surface area contributed by atoms with Gasteiger partial charge in [0.25, 0.3) is 0 Å². The summed E-state index contributed by atoms with van der Waals surface area (Å²) < 4.78 is 25.0. The predicted molar refractivity (Wildman–Crippen MR) is 133 cm³/mol. The van der Waals surface area contributed by atoms with Gasteiger partial charge in [-0.3, -0.25) is 4.79 Å². The lowest BCUT2D eigenvalue weighted by molar-refractivity contribution is -0.208. The number of benzene rings is 3. The van der Waals surface area contributed by atoms with Gasteiger partial charge >= 0.3 is 0 Å². The zero-order valence-corrected chi connectivity index (χ0v) is 20.0. The number of ether oxygens (including phenoxy) is 4. The molecule has 0 aromatic heterocycles. The molecule has 4 atom stereocenters. The van der Waals surface area contributed by atoms with Crippen molar-refractivity contribution < 1.29 is 23.7 Å². The first-order chi connectivity index (χ1) is 17.2. The van der Waals surface area contributed by atoms with Crippen molar-refractivity contribution in [2.75, 3.05) is 13.2 Å². The average Bonchev–Trinajstić information content (AvgIpc) is 2.89. The molecule has 184 valence electrons. The number of amides is 1. The number of carbonyl (C=O) groups excluding carboxylic acids is 1. The van der Waals surface area contributed by atoms with Crippen LogP contribution in [0.5, 0.6) is 0 Å². The maximum Gasteiger partial charge on any atom is 0.217 e. The second-order valence-electron chi connectivity index (χ2n) is 8.70. The summed E-state index contributed by atoms with van der Waals surface area (Å²) in [5, 5.41) is 2.99. The lowest BCUT2D eigenvalue weighted by Gasteiger charge is -2.42. The van der Waals surface area contributed by atoms with E-state index in [4.69, 9.17) is 18.9 Å². The smallest absolute Gasteiger partial charge is 0.217 e. The molecule has 1 N–H and O–H groups in total. The van der Waals surface area contributed by atoms with Crippen LogP contribution < -0.4 is 5.32 Å². The largest absolute Gasteiger partial charge is 0.374 e. The highest BCUT2D eigenvalue weighted by Gasteiger charge is 2.42. The van der Waals surface area contributed by atoms with Gasteiger partial charge < -0.3 is 24.3 Å². The third-order valence-corrected chi connectivity index (χ3v) is 5.93. The second kappa shape index (κ2) is 13.2. The van der Waals surface area contributed by atoms with Gasteiger partial charge in [-0.25, -0.2) is 0 Å². The molecule has 1 aliphatic heterocycles. The van der Waals surface area contributed by atoms with E-state index in [-0.39, 0.29) is 18.1 Å². The zero-order chi connectivity index (χ0) is 24.3. The normalized spacial score (nSPS) is 22.0. The fourth-order valence-electron chi connectivity index (χ4n) is 4.20. The molecule has 1 saturated heterocycles. The van der Waals surface area contributed by atoms with Crippen LogP contribution in [0.1, 0.15) is 23.6 Å². The van der Waals surface area contributed by atoms with Crippen LogP contribution in [0.25, 0.3) is 0 Å². The van der Waals surface area contributed by atoms with Crippen molar-refractivity contribution >= 4 is 5.91 Å². The van der Waals surface area contributed by atoms with Crippen molar-refractivity contribution in [1.29, 1.82) is 0 Å². The molecular weight excluding hydrogens is 442 g/mol. The summed E-state index contributed by atoms with van der Waals surface area (Å²) in [7, 11) is 0. The molecule has 35 heavy (non-hydrogen) atoms. The Morgan fingerprint density at radius 3 is 1.77 bits per heavy atom. The van der Waals surface area contributed by atoms with Crippen LogP contribution in [0.15, 0.2) is 91.0 Å². The van der Waals surface area contributed by atoms with Gasteiger partial charge in [0.05, 0.1) is 39.1 Å². The van der Waals surface area contributed by atoms with Crippen molar-refractivity contribution in [3.05, 3.63) is 108 Å². The molecule has 0 aliphatic carbocycles. The molecule has 4 rings (SSSR count). The van der Waals surface area contributed by atoms with E-state index in [0.29, 0.717) is 33.0 Å². The Morgan fingerprint density at radius 1 is 0.771 bits per heavy atom. The van der Waals surface area contributed by atoms with E-state index in [0.717, 1.165) is 16.7 Å². The molecular formula is C29H33NO5. The first-order valence-electron chi connectivity index (χ1n) is 12.0. The average molecular weight is 476 g/mol. The number of hydrogen-bond donors (Lipinski definition) is 1. The van der Waals surface area contributed by atoms with Crippen molar-refractivity contribution in [2.24, 2.45) is 0 Å². The highest BCUT2D eigenvalue weighted by molar-refractivity contribution is 5.73. The maximum atomic E-state index is 11.9. The highest BCUT2D eigenvalue weighted by atomic mass is 16.6. The highest BCUT2D eigenvalue weighted by Crippen LogP contribution is 2.25. The van der Waals surface area contributed by atoms with Crippen molar-refractivity contribution in [3.8, 4) is 0 Å². The van der Waals surface area contributed by atoms with E-state index in [1.165, 1.54) is 6.92 Å². The Morgan fingerprint density at radius 2 is 1.26 bits per heavy atom. The molecule has 1 unspecified atom stereocenters. The molecule has 0 spiro atoms. The van der Waals surface area contributed by atoms with Gasteiger partial charge in [0.2, 0.25) is 5.91 Å². The molecule has 6 nitrogen and oxygen atoms in total. The number of hydrogen-bond acceptors (Lipinski definition) is 5. The lowest BCUT2D eigenvalue weighted by Crippen LogP contribution is -2.61. The van der Waals surface area contributed by atoms with E-state index in [9.17, 15) is 4.79 Å². The minimum Gasteiger partial charge on any atom is -0.374 e. The molecule has 0 radical (unpaired) electrons. The molecule has 0 saturated carbocycles. The summed E-state index contributed by atoms with van der Waals surface area (Å²) >= 11 is 0. The molecule has 3 aromatic rings. The predicted octanol–water partition coefficient (Wildman–Crippen LogP) is 4.28. The van der Waals surface area contributed by atoms with Crippen LogP contribution in [0, 0.1) is 0 Å². The summed E-state index contributed by atoms with van der Waals surface area (Å²) in [6, 6.07) is 29.7. The van der Waals surface area contributed by atoms with Crippen LogP contribution in [0.2, 0.25) is 0 Å². The molecule has 1 heterocycles. The van der Waals surface area contributed by atoms with Crippen LogP contribution in [-0.2, 0) is 43.6 Å². The van der Waals surface area contributed by atoms with Gasteiger partial charge in [-0.05, 0) is 16.7 Å². The summed E-state index contributed by atoms with van der Waals surface area (Å²) in [6.45, 7) is 3.47. The SMILES string of the molecule is CC(=O)N[C@H]1COC(COCc2ccccc2)[C@H](OCc2ccccc2)[C@@H]1OCc1ccccc1. The van der Waals surface area contributed by atoms with E-state index in [2.05, 4.69) is 5.32 Å². The fraction of sp³-hybridized carbons (Fsp3) is 0.345. The Balaban J connectivity index is 1.49. The van der Waals surface area contributed by atoms with Crippen LogP contribution in [0.4, 0.5) is 0 Å². The van der Waals surface area contributed by atoms with E-state index in [1.54, 1.807) is 0 Å². The minimum absolute atomic E-state index is 0.132. The van der Waals surface area contributed by atoms with Gasteiger partial charge in [-0.15, -0.1) is 0 Å².